The number of rotatable bonds is 6. The summed E-state index contributed by atoms with van der Waals surface area (Å²) in [6, 6.07) is 6.49. The molecule has 2 atom stereocenters. The van der Waals surface area contributed by atoms with Crippen molar-refractivity contribution >= 4 is 5.69 Å². The number of hydrogen-bond acceptors (Lipinski definition) is 4. The molecule has 0 unspecified atom stereocenters. The van der Waals surface area contributed by atoms with Gasteiger partial charge in [0, 0.05) is 12.1 Å². The number of ether oxygens (including phenoxy) is 2. The summed E-state index contributed by atoms with van der Waals surface area (Å²) >= 11 is 0. The SMILES string of the molecule is CCCCC[C@H]1CO[C@H](c2ccc([N+](=O)[O-])cc2)CO1. The Morgan fingerprint density at radius 1 is 1.20 bits per heavy atom. The van der Waals surface area contributed by atoms with Crippen molar-refractivity contribution < 1.29 is 14.4 Å². The minimum atomic E-state index is -0.397. The van der Waals surface area contributed by atoms with Gasteiger partial charge in [0.1, 0.15) is 6.10 Å². The highest BCUT2D eigenvalue weighted by molar-refractivity contribution is 5.33. The van der Waals surface area contributed by atoms with E-state index in [4.69, 9.17) is 9.47 Å². The van der Waals surface area contributed by atoms with Crippen molar-refractivity contribution in [3.05, 3.63) is 39.9 Å². The second-order valence-corrected chi connectivity index (χ2v) is 5.12. The molecule has 20 heavy (non-hydrogen) atoms. The molecule has 5 heteroatoms. The lowest BCUT2D eigenvalue weighted by molar-refractivity contribution is -0.384. The molecule has 0 bridgehead atoms. The molecule has 0 saturated carbocycles. The summed E-state index contributed by atoms with van der Waals surface area (Å²) in [7, 11) is 0. The van der Waals surface area contributed by atoms with Crippen LogP contribution in [0.25, 0.3) is 0 Å². The van der Waals surface area contributed by atoms with Crippen LogP contribution in [0.15, 0.2) is 24.3 Å². The van der Waals surface area contributed by atoms with Gasteiger partial charge in [0.25, 0.3) is 5.69 Å². The van der Waals surface area contributed by atoms with E-state index in [1.54, 1.807) is 12.1 Å². The Bertz CT molecular complexity index is 424. The minimum absolute atomic E-state index is 0.0999. The van der Waals surface area contributed by atoms with Crippen LogP contribution in [0.1, 0.15) is 44.3 Å². The van der Waals surface area contributed by atoms with Crippen molar-refractivity contribution in [2.75, 3.05) is 13.2 Å². The fourth-order valence-corrected chi connectivity index (χ4v) is 2.33. The standard InChI is InChI=1S/C15H21NO4/c1-2-3-4-5-14-10-20-15(11-19-14)12-6-8-13(9-7-12)16(17)18/h6-9,14-15H,2-5,10-11H2,1H3/t14-,15-/m0/s1. The van der Waals surface area contributed by atoms with Crippen molar-refractivity contribution in [3.63, 3.8) is 0 Å². The largest absolute Gasteiger partial charge is 0.373 e. The van der Waals surface area contributed by atoms with E-state index in [0.717, 1.165) is 12.0 Å². The predicted molar refractivity (Wildman–Crippen MR) is 75.7 cm³/mol. The van der Waals surface area contributed by atoms with Crippen LogP contribution in [0.5, 0.6) is 0 Å². The summed E-state index contributed by atoms with van der Waals surface area (Å²) in [5.41, 5.74) is 1.03. The molecule has 0 spiro atoms. The molecule has 1 aliphatic heterocycles. The Labute approximate surface area is 119 Å². The number of benzene rings is 1. The first kappa shape index (κ1) is 14.9. The van der Waals surface area contributed by atoms with Gasteiger partial charge in [-0.15, -0.1) is 0 Å². The molecule has 1 aromatic rings. The minimum Gasteiger partial charge on any atom is -0.373 e. The molecule has 0 amide bonds. The van der Waals surface area contributed by atoms with Crippen LogP contribution >= 0.6 is 0 Å². The molecular weight excluding hydrogens is 258 g/mol. The fourth-order valence-electron chi connectivity index (χ4n) is 2.33. The van der Waals surface area contributed by atoms with Crippen LogP contribution < -0.4 is 0 Å². The summed E-state index contributed by atoms with van der Waals surface area (Å²) in [6.45, 7) is 3.31. The van der Waals surface area contributed by atoms with Gasteiger partial charge < -0.3 is 9.47 Å². The van der Waals surface area contributed by atoms with Crippen molar-refractivity contribution in [2.45, 2.75) is 44.8 Å². The molecule has 5 nitrogen and oxygen atoms in total. The number of non-ortho nitro benzene ring substituents is 1. The van der Waals surface area contributed by atoms with E-state index in [1.165, 1.54) is 31.4 Å². The maximum Gasteiger partial charge on any atom is 0.269 e. The Kier molecular flexibility index (Phi) is 5.49. The molecule has 0 N–H and O–H groups in total. The van der Waals surface area contributed by atoms with Gasteiger partial charge in [-0.25, -0.2) is 0 Å². The van der Waals surface area contributed by atoms with Crippen molar-refractivity contribution in [3.8, 4) is 0 Å². The average Bonchev–Trinajstić information content (AvgIpc) is 2.48. The third kappa shape index (κ3) is 4.02. The van der Waals surface area contributed by atoms with Crippen LogP contribution in [-0.4, -0.2) is 24.2 Å². The maximum absolute atomic E-state index is 10.6. The van der Waals surface area contributed by atoms with Gasteiger partial charge >= 0.3 is 0 Å². The molecular formula is C15H21NO4. The summed E-state index contributed by atoms with van der Waals surface area (Å²) in [6.07, 6.45) is 4.73. The number of nitrogens with zero attached hydrogens (tertiary/aromatic N) is 1. The van der Waals surface area contributed by atoms with Crippen LogP contribution in [0.4, 0.5) is 5.69 Å². The average molecular weight is 279 g/mol. The summed E-state index contributed by atoms with van der Waals surface area (Å²) in [4.78, 5) is 10.2. The smallest absolute Gasteiger partial charge is 0.269 e. The molecule has 1 fully saturated rings. The van der Waals surface area contributed by atoms with Crippen molar-refractivity contribution in [1.29, 1.82) is 0 Å². The third-order valence-corrected chi connectivity index (χ3v) is 3.57. The molecule has 0 aromatic heterocycles. The van der Waals surface area contributed by atoms with Gasteiger partial charge in [0.05, 0.1) is 24.2 Å². The first-order valence-electron chi connectivity index (χ1n) is 7.18. The summed E-state index contributed by atoms with van der Waals surface area (Å²) < 4.78 is 11.6. The van der Waals surface area contributed by atoms with E-state index in [9.17, 15) is 10.1 Å². The topological polar surface area (TPSA) is 61.6 Å². The monoisotopic (exact) mass is 279 g/mol. The van der Waals surface area contributed by atoms with Gasteiger partial charge in [-0.1, -0.05) is 26.2 Å². The molecule has 2 rings (SSSR count). The Morgan fingerprint density at radius 3 is 2.50 bits per heavy atom. The van der Waals surface area contributed by atoms with E-state index in [0.29, 0.717) is 13.2 Å². The first-order chi connectivity index (χ1) is 9.70. The maximum atomic E-state index is 10.6. The normalized spacial score (nSPS) is 22.6. The van der Waals surface area contributed by atoms with Gasteiger partial charge in [0.2, 0.25) is 0 Å². The zero-order valence-electron chi connectivity index (χ0n) is 11.8. The highest BCUT2D eigenvalue weighted by Crippen LogP contribution is 2.26. The van der Waals surface area contributed by atoms with Gasteiger partial charge in [-0.3, -0.25) is 10.1 Å². The van der Waals surface area contributed by atoms with Gasteiger partial charge in [-0.05, 0) is 24.1 Å². The van der Waals surface area contributed by atoms with Crippen LogP contribution in [0.3, 0.4) is 0 Å². The molecule has 110 valence electrons. The van der Waals surface area contributed by atoms with E-state index in [-0.39, 0.29) is 17.9 Å². The predicted octanol–water partition coefficient (Wildman–Crippen LogP) is 3.63. The molecule has 0 radical (unpaired) electrons. The highest BCUT2D eigenvalue weighted by Gasteiger charge is 2.23. The fraction of sp³-hybridized carbons (Fsp3) is 0.600. The lowest BCUT2D eigenvalue weighted by Gasteiger charge is -2.29. The van der Waals surface area contributed by atoms with Crippen molar-refractivity contribution in [2.24, 2.45) is 0 Å². The van der Waals surface area contributed by atoms with E-state index < -0.39 is 4.92 Å². The molecule has 1 aliphatic rings. The van der Waals surface area contributed by atoms with Gasteiger partial charge in [0.15, 0.2) is 0 Å². The third-order valence-electron chi connectivity index (χ3n) is 3.57. The lowest BCUT2D eigenvalue weighted by atomic mass is 10.1. The lowest BCUT2D eigenvalue weighted by Crippen LogP contribution is -2.31. The Hall–Kier alpha value is -1.46. The number of nitro groups is 1. The van der Waals surface area contributed by atoms with Crippen molar-refractivity contribution in [1.82, 2.24) is 0 Å². The van der Waals surface area contributed by atoms with Gasteiger partial charge in [-0.2, -0.15) is 0 Å². The van der Waals surface area contributed by atoms with E-state index in [2.05, 4.69) is 6.92 Å². The second-order valence-electron chi connectivity index (χ2n) is 5.12. The zero-order valence-corrected chi connectivity index (χ0v) is 11.8. The van der Waals surface area contributed by atoms with Crippen LogP contribution in [0.2, 0.25) is 0 Å². The second kappa shape index (κ2) is 7.36. The quantitative estimate of drug-likeness (QED) is 0.453. The molecule has 1 saturated heterocycles. The number of unbranched alkanes of at least 4 members (excludes halogenated alkanes) is 2. The van der Waals surface area contributed by atoms with Crippen LogP contribution in [0, 0.1) is 10.1 Å². The number of hydrogen-bond donors (Lipinski definition) is 0. The summed E-state index contributed by atoms with van der Waals surface area (Å²) in [5.74, 6) is 0. The highest BCUT2D eigenvalue weighted by atomic mass is 16.6. The molecule has 0 aliphatic carbocycles. The van der Waals surface area contributed by atoms with E-state index in [1.807, 2.05) is 0 Å². The van der Waals surface area contributed by atoms with Crippen LogP contribution in [-0.2, 0) is 9.47 Å². The number of nitro benzene ring substituents is 1. The van der Waals surface area contributed by atoms with E-state index >= 15 is 0 Å². The summed E-state index contributed by atoms with van der Waals surface area (Å²) in [5, 5.41) is 10.6. The zero-order chi connectivity index (χ0) is 14.4. The first-order valence-corrected chi connectivity index (χ1v) is 7.18. The Morgan fingerprint density at radius 2 is 1.95 bits per heavy atom. The Balaban J connectivity index is 1.82. The molecule has 1 aromatic carbocycles. The molecule has 1 heterocycles.